The molecular formula is C27H25NO6S. The number of hydrogen-bond acceptors (Lipinski definition) is 8. The summed E-state index contributed by atoms with van der Waals surface area (Å²) in [6.07, 6.45) is 3.03. The second-order valence-corrected chi connectivity index (χ2v) is 9.30. The van der Waals surface area contributed by atoms with Gasteiger partial charge in [0.25, 0.3) is 0 Å². The average molecular weight is 492 g/mol. The van der Waals surface area contributed by atoms with Gasteiger partial charge in [0, 0.05) is 18.0 Å². The van der Waals surface area contributed by atoms with E-state index >= 15 is 0 Å². The first kappa shape index (κ1) is 23.1. The van der Waals surface area contributed by atoms with E-state index < -0.39 is 0 Å². The number of thiophene rings is 1. The highest BCUT2D eigenvalue weighted by molar-refractivity contribution is 7.09. The number of hydrogen-bond donors (Lipinski definition) is 0. The molecule has 8 heteroatoms. The van der Waals surface area contributed by atoms with Gasteiger partial charge in [-0.2, -0.15) is 0 Å². The molecular weight excluding hydrogens is 466 g/mol. The van der Waals surface area contributed by atoms with Crippen molar-refractivity contribution in [2.75, 3.05) is 19.9 Å². The largest absolute Gasteiger partial charge is 0.478 e. The number of fused-ring (bicyclic) bond motifs is 3. The van der Waals surface area contributed by atoms with E-state index in [1.165, 1.54) is 11.1 Å². The zero-order valence-electron chi connectivity index (χ0n) is 19.3. The summed E-state index contributed by atoms with van der Waals surface area (Å²) in [4.78, 5) is 28.7. The highest BCUT2D eigenvalue weighted by Crippen LogP contribution is 2.33. The van der Waals surface area contributed by atoms with E-state index in [0.717, 1.165) is 30.7 Å². The molecule has 35 heavy (non-hydrogen) atoms. The molecule has 1 aliphatic heterocycles. The van der Waals surface area contributed by atoms with Gasteiger partial charge in [0.2, 0.25) is 11.2 Å². The van der Waals surface area contributed by atoms with Crippen molar-refractivity contribution in [3.8, 4) is 17.2 Å². The fraction of sp³-hybridized carbons (Fsp3) is 0.259. The van der Waals surface area contributed by atoms with Crippen molar-refractivity contribution >= 4 is 28.3 Å². The van der Waals surface area contributed by atoms with Gasteiger partial charge in [-0.1, -0.05) is 13.0 Å². The van der Waals surface area contributed by atoms with Gasteiger partial charge in [0.1, 0.15) is 30.1 Å². The lowest BCUT2D eigenvalue weighted by Crippen LogP contribution is -2.33. The molecule has 180 valence electrons. The van der Waals surface area contributed by atoms with Crippen molar-refractivity contribution in [2.24, 2.45) is 0 Å². The lowest BCUT2D eigenvalue weighted by Gasteiger charge is -2.29. The zero-order valence-corrected chi connectivity index (χ0v) is 20.1. The normalized spacial score (nSPS) is 13.3. The van der Waals surface area contributed by atoms with E-state index in [1.54, 1.807) is 41.7 Å². The third kappa shape index (κ3) is 5.08. The average Bonchev–Trinajstić information content (AvgIpc) is 3.41. The molecule has 3 heterocycles. The molecule has 0 unspecified atom stereocenters. The maximum Gasteiger partial charge on any atom is 0.338 e. The molecule has 0 saturated carbocycles. The lowest BCUT2D eigenvalue weighted by molar-refractivity contribution is 0.0505. The molecule has 4 aromatic rings. The molecule has 0 saturated heterocycles. The quantitative estimate of drug-likeness (QED) is 0.297. The molecule has 5 rings (SSSR count). The highest BCUT2D eigenvalue weighted by Gasteiger charge is 2.23. The summed E-state index contributed by atoms with van der Waals surface area (Å²) in [6, 6.07) is 14.2. The molecule has 0 fully saturated rings. The first-order chi connectivity index (χ1) is 17.1. The standard InChI is InChI=1S/C27H25NO6S/c1-2-13-31-27(30)18-5-7-19(8-6-18)34-24-16-32-26-21(25(24)29)9-10-23-22(26)15-28(17-33-23)12-11-20-4-3-14-35-20/h3-10,14,16H,2,11-13,15,17H2,1H3. The first-order valence-electron chi connectivity index (χ1n) is 11.5. The van der Waals surface area contributed by atoms with E-state index in [1.807, 2.05) is 13.0 Å². The molecule has 1 aliphatic rings. The summed E-state index contributed by atoms with van der Waals surface area (Å²) in [5.74, 6) is 0.835. The van der Waals surface area contributed by atoms with Gasteiger partial charge in [-0.15, -0.1) is 11.3 Å². The van der Waals surface area contributed by atoms with Crippen LogP contribution in [0.1, 0.15) is 34.1 Å². The minimum absolute atomic E-state index is 0.0741. The van der Waals surface area contributed by atoms with E-state index in [2.05, 4.69) is 22.4 Å². The summed E-state index contributed by atoms with van der Waals surface area (Å²) < 4.78 is 22.7. The fourth-order valence-electron chi connectivity index (χ4n) is 3.94. The van der Waals surface area contributed by atoms with Crippen LogP contribution in [0.25, 0.3) is 11.0 Å². The topological polar surface area (TPSA) is 78.2 Å². The van der Waals surface area contributed by atoms with Crippen LogP contribution >= 0.6 is 11.3 Å². The molecule has 0 N–H and O–H groups in total. The van der Waals surface area contributed by atoms with Crippen LogP contribution in [0, 0.1) is 0 Å². The Balaban J connectivity index is 1.33. The highest BCUT2D eigenvalue weighted by atomic mass is 32.1. The third-order valence-corrected chi connectivity index (χ3v) is 6.70. The summed E-state index contributed by atoms with van der Waals surface area (Å²) in [6.45, 7) is 4.29. The summed E-state index contributed by atoms with van der Waals surface area (Å²) in [7, 11) is 0. The van der Waals surface area contributed by atoms with Crippen LogP contribution in [-0.4, -0.2) is 30.8 Å². The molecule has 0 bridgehead atoms. The number of carbonyl (C=O) groups excluding carboxylic acids is 1. The van der Waals surface area contributed by atoms with Crippen LogP contribution in [0.3, 0.4) is 0 Å². The van der Waals surface area contributed by atoms with E-state index in [4.69, 9.17) is 18.6 Å². The van der Waals surface area contributed by atoms with Gasteiger partial charge in [0.15, 0.2) is 0 Å². The molecule has 0 spiro atoms. The van der Waals surface area contributed by atoms with Crippen LogP contribution < -0.4 is 14.9 Å². The summed E-state index contributed by atoms with van der Waals surface area (Å²) in [5, 5.41) is 2.51. The molecule has 2 aromatic carbocycles. The summed E-state index contributed by atoms with van der Waals surface area (Å²) in [5.41, 5.74) is 1.52. The van der Waals surface area contributed by atoms with Crippen molar-refractivity contribution < 1.29 is 23.4 Å². The summed E-state index contributed by atoms with van der Waals surface area (Å²) >= 11 is 1.74. The van der Waals surface area contributed by atoms with Crippen LogP contribution in [0.15, 0.2) is 69.4 Å². The second kappa shape index (κ2) is 10.3. The fourth-order valence-corrected chi connectivity index (χ4v) is 4.64. The zero-order chi connectivity index (χ0) is 24.2. The molecule has 0 aliphatic carbocycles. The smallest absolute Gasteiger partial charge is 0.338 e. The number of rotatable bonds is 8. The van der Waals surface area contributed by atoms with Gasteiger partial charge >= 0.3 is 5.97 Å². The van der Waals surface area contributed by atoms with Crippen molar-refractivity contribution in [3.05, 3.63) is 86.4 Å². The predicted octanol–water partition coefficient (Wildman–Crippen LogP) is 5.61. The van der Waals surface area contributed by atoms with Crippen LogP contribution in [0.2, 0.25) is 0 Å². The van der Waals surface area contributed by atoms with Gasteiger partial charge in [-0.05, 0) is 60.7 Å². The van der Waals surface area contributed by atoms with Gasteiger partial charge in [-0.25, -0.2) is 4.79 Å². The second-order valence-electron chi connectivity index (χ2n) is 8.27. The molecule has 7 nitrogen and oxygen atoms in total. The minimum Gasteiger partial charge on any atom is -0.478 e. The van der Waals surface area contributed by atoms with Gasteiger partial charge in [0.05, 0.1) is 23.1 Å². The number of carbonyl (C=O) groups is 1. The number of ether oxygens (including phenoxy) is 3. The van der Waals surface area contributed by atoms with Crippen LogP contribution in [0.5, 0.6) is 17.2 Å². The van der Waals surface area contributed by atoms with Crippen LogP contribution in [-0.2, 0) is 17.7 Å². The number of esters is 1. The molecule has 0 atom stereocenters. The number of benzene rings is 2. The lowest BCUT2D eigenvalue weighted by atomic mass is 10.1. The van der Waals surface area contributed by atoms with Gasteiger partial charge < -0.3 is 18.6 Å². The van der Waals surface area contributed by atoms with Crippen molar-refractivity contribution in [2.45, 2.75) is 26.3 Å². The van der Waals surface area contributed by atoms with E-state index in [0.29, 0.717) is 42.2 Å². The van der Waals surface area contributed by atoms with Crippen molar-refractivity contribution in [1.29, 1.82) is 0 Å². The maximum atomic E-state index is 13.2. The van der Waals surface area contributed by atoms with Crippen molar-refractivity contribution in [3.63, 3.8) is 0 Å². The van der Waals surface area contributed by atoms with Gasteiger partial charge in [-0.3, -0.25) is 9.69 Å². The Labute approximate surface area is 206 Å². The number of nitrogens with zero attached hydrogens (tertiary/aromatic N) is 1. The third-order valence-electron chi connectivity index (χ3n) is 5.76. The van der Waals surface area contributed by atoms with E-state index in [9.17, 15) is 9.59 Å². The Hall–Kier alpha value is -3.62. The Kier molecular flexibility index (Phi) is 6.83. The molecule has 2 aromatic heterocycles. The van der Waals surface area contributed by atoms with Crippen LogP contribution in [0.4, 0.5) is 0 Å². The maximum absolute atomic E-state index is 13.2. The first-order valence-corrected chi connectivity index (χ1v) is 12.4. The minimum atomic E-state index is -0.389. The Morgan fingerprint density at radius 3 is 2.77 bits per heavy atom. The SMILES string of the molecule is CCCOC(=O)c1ccc(Oc2coc3c4c(ccc3c2=O)OCN(CCc2cccs2)C4)cc1. The molecule has 0 radical (unpaired) electrons. The Morgan fingerprint density at radius 1 is 1.14 bits per heavy atom. The Morgan fingerprint density at radius 2 is 2.00 bits per heavy atom. The molecule has 0 amide bonds. The monoisotopic (exact) mass is 491 g/mol. The van der Waals surface area contributed by atoms with Crippen molar-refractivity contribution in [1.82, 2.24) is 4.90 Å². The Bertz CT molecular complexity index is 1380. The predicted molar refractivity (Wildman–Crippen MR) is 134 cm³/mol. The van der Waals surface area contributed by atoms with E-state index in [-0.39, 0.29) is 17.1 Å².